The number of hydrogen-bond acceptors (Lipinski definition) is 3. The maximum absolute atomic E-state index is 11.7. The molecule has 14 heavy (non-hydrogen) atoms. The van der Waals surface area contributed by atoms with E-state index in [9.17, 15) is 13.6 Å². The fourth-order valence-electron chi connectivity index (χ4n) is 0.739. The summed E-state index contributed by atoms with van der Waals surface area (Å²) in [6.45, 7) is -3.02. The van der Waals surface area contributed by atoms with Crippen LogP contribution in [0.5, 0.6) is 5.88 Å². The molecule has 0 aliphatic carbocycles. The van der Waals surface area contributed by atoms with Crippen molar-refractivity contribution < 1.29 is 23.4 Å². The average Bonchev–Trinajstić information content (AvgIpc) is 2.07. The molecule has 0 amide bonds. The number of rotatable bonds is 3. The monoisotopic (exact) mass is 267 g/mol. The van der Waals surface area contributed by atoms with E-state index in [4.69, 9.17) is 5.11 Å². The molecule has 1 aromatic rings. The van der Waals surface area contributed by atoms with Crippen molar-refractivity contribution in [2.24, 2.45) is 0 Å². The van der Waals surface area contributed by atoms with Crippen LogP contribution in [0.1, 0.15) is 10.4 Å². The van der Waals surface area contributed by atoms with Crippen LogP contribution in [0.2, 0.25) is 0 Å². The summed E-state index contributed by atoms with van der Waals surface area (Å²) in [6.07, 6.45) is 1.08. The van der Waals surface area contributed by atoms with Crippen molar-refractivity contribution in [1.82, 2.24) is 4.98 Å². The van der Waals surface area contributed by atoms with E-state index in [2.05, 4.69) is 25.7 Å². The molecular formula is C7H4BrF2NO3. The minimum atomic E-state index is -3.02. The van der Waals surface area contributed by atoms with E-state index in [0.29, 0.717) is 0 Å². The molecule has 1 rings (SSSR count). The van der Waals surface area contributed by atoms with E-state index >= 15 is 0 Å². The third kappa shape index (κ3) is 2.63. The lowest BCUT2D eigenvalue weighted by Gasteiger charge is -2.04. The van der Waals surface area contributed by atoms with Gasteiger partial charge < -0.3 is 9.84 Å². The molecule has 1 heterocycles. The smallest absolute Gasteiger partial charge is 0.388 e. The Labute approximate surface area is 85.6 Å². The van der Waals surface area contributed by atoms with Gasteiger partial charge in [-0.2, -0.15) is 8.78 Å². The van der Waals surface area contributed by atoms with Crippen LogP contribution in [0.4, 0.5) is 8.78 Å². The lowest BCUT2D eigenvalue weighted by molar-refractivity contribution is -0.0529. The molecule has 0 bridgehead atoms. The molecule has 0 unspecified atom stereocenters. The van der Waals surface area contributed by atoms with Gasteiger partial charge in [-0.25, -0.2) is 9.78 Å². The number of pyridine rings is 1. The second-order valence-corrected chi connectivity index (χ2v) is 3.04. The molecule has 0 saturated carbocycles. The number of aromatic nitrogens is 1. The summed E-state index contributed by atoms with van der Waals surface area (Å²) in [5.41, 5.74) is -0.185. The van der Waals surface area contributed by atoms with E-state index in [1.54, 1.807) is 0 Å². The predicted octanol–water partition coefficient (Wildman–Crippen LogP) is 2.14. The van der Waals surface area contributed by atoms with Gasteiger partial charge in [0.05, 0.1) is 10.0 Å². The zero-order chi connectivity index (χ0) is 10.7. The molecule has 0 radical (unpaired) electrons. The number of aromatic carboxylic acids is 1. The van der Waals surface area contributed by atoms with Crippen LogP contribution in [0.15, 0.2) is 16.7 Å². The molecule has 76 valence electrons. The lowest BCUT2D eigenvalue weighted by atomic mass is 10.3. The first-order valence-corrected chi connectivity index (χ1v) is 4.13. The molecule has 1 aromatic heterocycles. The van der Waals surface area contributed by atoms with Gasteiger partial charge in [0.1, 0.15) is 0 Å². The molecule has 0 spiro atoms. The highest BCUT2D eigenvalue weighted by Crippen LogP contribution is 2.20. The van der Waals surface area contributed by atoms with E-state index in [-0.39, 0.29) is 10.0 Å². The Hall–Kier alpha value is -1.24. The van der Waals surface area contributed by atoms with Gasteiger partial charge in [-0.05, 0) is 15.9 Å². The van der Waals surface area contributed by atoms with Crippen LogP contribution in [0.3, 0.4) is 0 Å². The highest BCUT2D eigenvalue weighted by molar-refractivity contribution is 9.10. The van der Waals surface area contributed by atoms with Crippen molar-refractivity contribution in [2.75, 3.05) is 0 Å². The van der Waals surface area contributed by atoms with Crippen molar-refractivity contribution in [1.29, 1.82) is 0 Å². The Kier molecular flexibility index (Phi) is 3.34. The van der Waals surface area contributed by atoms with Crippen molar-refractivity contribution in [2.45, 2.75) is 6.61 Å². The summed E-state index contributed by atoms with van der Waals surface area (Å²) in [4.78, 5) is 14.0. The first kappa shape index (κ1) is 10.8. The summed E-state index contributed by atoms with van der Waals surface area (Å²) in [5, 5.41) is 8.62. The number of carboxylic acids is 1. The van der Waals surface area contributed by atoms with Gasteiger partial charge in [-0.15, -0.1) is 0 Å². The van der Waals surface area contributed by atoms with Crippen LogP contribution in [-0.2, 0) is 0 Å². The number of ether oxygens (including phenoxy) is 1. The molecule has 0 fully saturated rings. The van der Waals surface area contributed by atoms with Gasteiger partial charge in [0.15, 0.2) is 0 Å². The predicted molar refractivity (Wildman–Crippen MR) is 45.5 cm³/mol. The number of carboxylic acid groups (broad SMARTS) is 1. The zero-order valence-corrected chi connectivity index (χ0v) is 8.16. The highest BCUT2D eigenvalue weighted by Gasteiger charge is 2.12. The summed E-state index contributed by atoms with van der Waals surface area (Å²) in [7, 11) is 0. The van der Waals surface area contributed by atoms with Crippen molar-refractivity contribution >= 4 is 21.9 Å². The van der Waals surface area contributed by atoms with Gasteiger partial charge in [0.25, 0.3) is 0 Å². The SMILES string of the molecule is O=C(O)c1cc(OC(F)F)ncc1Br. The van der Waals surface area contributed by atoms with E-state index in [1.165, 1.54) is 0 Å². The van der Waals surface area contributed by atoms with Crippen LogP contribution in [0, 0.1) is 0 Å². The minimum absolute atomic E-state index is 0.185. The largest absolute Gasteiger partial charge is 0.478 e. The van der Waals surface area contributed by atoms with E-state index < -0.39 is 18.5 Å². The van der Waals surface area contributed by atoms with Crippen LogP contribution < -0.4 is 4.74 Å². The zero-order valence-electron chi connectivity index (χ0n) is 6.58. The molecule has 0 saturated heterocycles. The summed E-state index contributed by atoms with van der Waals surface area (Å²) in [5.74, 6) is -1.68. The highest BCUT2D eigenvalue weighted by atomic mass is 79.9. The Morgan fingerprint density at radius 3 is 2.79 bits per heavy atom. The fourth-order valence-corrected chi connectivity index (χ4v) is 1.13. The maximum atomic E-state index is 11.7. The molecule has 0 atom stereocenters. The second-order valence-electron chi connectivity index (χ2n) is 2.19. The normalized spacial score (nSPS) is 10.3. The van der Waals surface area contributed by atoms with Gasteiger partial charge in [-0.3, -0.25) is 0 Å². The number of nitrogens with zero attached hydrogens (tertiary/aromatic N) is 1. The summed E-state index contributed by atoms with van der Waals surface area (Å²) >= 11 is 2.91. The molecule has 0 aliphatic rings. The standard InChI is InChI=1S/C7H4BrF2NO3/c8-4-2-11-5(14-7(9)10)1-3(4)6(12)13/h1-2,7H,(H,12,13). The van der Waals surface area contributed by atoms with Gasteiger partial charge in [0, 0.05) is 12.3 Å². The Bertz CT molecular complexity index is 359. The molecule has 1 N–H and O–H groups in total. The number of hydrogen-bond donors (Lipinski definition) is 1. The lowest BCUT2D eigenvalue weighted by Crippen LogP contribution is -2.06. The van der Waals surface area contributed by atoms with Crippen LogP contribution >= 0.6 is 15.9 Å². The molecule has 0 aliphatic heterocycles. The molecular weight excluding hydrogens is 264 g/mol. The van der Waals surface area contributed by atoms with Gasteiger partial charge in [-0.1, -0.05) is 0 Å². The molecule has 7 heteroatoms. The molecule has 0 aromatic carbocycles. The second kappa shape index (κ2) is 4.32. The third-order valence-corrected chi connectivity index (χ3v) is 1.90. The first-order chi connectivity index (χ1) is 6.50. The summed E-state index contributed by atoms with van der Waals surface area (Å²) < 4.78 is 27.6. The number of alkyl halides is 2. The van der Waals surface area contributed by atoms with Crippen LogP contribution in [0.25, 0.3) is 0 Å². The minimum Gasteiger partial charge on any atom is -0.478 e. The van der Waals surface area contributed by atoms with Crippen LogP contribution in [-0.4, -0.2) is 22.7 Å². The summed E-state index contributed by atoms with van der Waals surface area (Å²) in [6, 6.07) is 0.915. The Morgan fingerprint density at radius 1 is 1.64 bits per heavy atom. The number of halogens is 3. The topological polar surface area (TPSA) is 59.4 Å². The van der Waals surface area contributed by atoms with Crippen molar-refractivity contribution in [3.05, 3.63) is 22.3 Å². The average molecular weight is 268 g/mol. The third-order valence-electron chi connectivity index (χ3n) is 1.27. The van der Waals surface area contributed by atoms with Gasteiger partial charge >= 0.3 is 12.6 Å². The fraction of sp³-hybridized carbons (Fsp3) is 0.143. The Balaban J connectivity index is 3.00. The van der Waals surface area contributed by atoms with E-state index in [0.717, 1.165) is 12.3 Å². The van der Waals surface area contributed by atoms with Crippen molar-refractivity contribution in [3.8, 4) is 5.88 Å². The Morgan fingerprint density at radius 2 is 2.29 bits per heavy atom. The maximum Gasteiger partial charge on any atom is 0.388 e. The quantitative estimate of drug-likeness (QED) is 0.912. The van der Waals surface area contributed by atoms with Gasteiger partial charge in [0.2, 0.25) is 5.88 Å². The number of carbonyl (C=O) groups is 1. The first-order valence-electron chi connectivity index (χ1n) is 3.34. The van der Waals surface area contributed by atoms with Crippen molar-refractivity contribution in [3.63, 3.8) is 0 Å². The van der Waals surface area contributed by atoms with E-state index in [1.807, 2.05) is 0 Å². The molecule has 4 nitrogen and oxygen atoms in total.